The molecule has 1 aliphatic rings. The third kappa shape index (κ3) is 2.82. The number of halogens is 1. The summed E-state index contributed by atoms with van der Waals surface area (Å²) in [5.41, 5.74) is 5.95. The van der Waals surface area contributed by atoms with E-state index in [0.717, 1.165) is 6.54 Å². The van der Waals surface area contributed by atoms with Gasteiger partial charge < -0.3 is 5.73 Å². The van der Waals surface area contributed by atoms with Gasteiger partial charge in [-0.05, 0) is 28.9 Å². The molecule has 90 valence electrons. The summed E-state index contributed by atoms with van der Waals surface area (Å²) in [5, 5.41) is 2.14. The van der Waals surface area contributed by atoms with Gasteiger partial charge in [0.05, 0.1) is 6.04 Å². The molecular formula is C11H17BrN2S2. The molecule has 1 saturated heterocycles. The zero-order chi connectivity index (χ0) is 11.5. The minimum Gasteiger partial charge on any atom is -0.329 e. The molecule has 1 fully saturated rings. The summed E-state index contributed by atoms with van der Waals surface area (Å²) in [6, 6.07) is 3.23. The van der Waals surface area contributed by atoms with Crippen LogP contribution in [0.5, 0.6) is 0 Å². The van der Waals surface area contributed by atoms with Gasteiger partial charge >= 0.3 is 0 Å². The van der Waals surface area contributed by atoms with Crippen LogP contribution in [0.15, 0.2) is 15.9 Å². The topological polar surface area (TPSA) is 29.3 Å². The van der Waals surface area contributed by atoms with E-state index in [-0.39, 0.29) is 0 Å². The maximum absolute atomic E-state index is 5.95. The highest BCUT2D eigenvalue weighted by Gasteiger charge is 2.27. The van der Waals surface area contributed by atoms with Gasteiger partial charge in [0.1, 0.15) is 0 Å². The molecule has 0 radical (unpaired) electrons. The lowest BCUT2D eigenvalue weighted by Crippen LogP contribution is -2.44. The van der Waals surface area contributed by atoms with Gasteiger partial charge in [0.15, 0.2) is 0 Å². The molecule has 2 N–H and O–H groups in total. The largest absolute Gasteiger partial charge is 0.329 e. The summed E-state index contributed by atoms with van der Waals surface area (Å²) in [5.74, 6) is 2.45. The number of rotatable bonds is 3. The molecule has 0 bridgehead atoms. The minimum atomic E-state index is 0.396. The van der Waals surface area contributed by atoms with Crippen molar-refractivity contribution in [1.29, 1.82) is 0 Å². The number of nitrogens with zero attached hydrogens (tertiary/aromatic N) is 1. The van der Waals surface area contributed by atoms with E-state index in [2.05, 4.69) is 39.2 Å². The van der Waals surface area contributed by atoms with Crippen molar-refractivity contribution in [3.8, 4) is 0 Å². The van der Waals surface area contributed by atoms with Crippen LogP contribution < -0.4 is 5.73 Å². The van der Waals surface area contributed by atoms with Gasteiger partial charge in [-0.25, -0.2) is 0 Å². The van der Waals surface area contributed by atoms with Crippen molar-refractivity contribution in [3.05, 3.63) is 20.8 Å². The van der Waals surface area contributed by atoms with Crippen molar-refractivity contribution in [2.24, 2.45) is 5.73 Å². The van der Waals surface area contributed by atoms with Crippen LogP contribution in [0.3, 0.4) is 0 Å². The maximum Gasteiger partial charge on any atom is 0.0567 e. The summed E-state index contributed by atoms with van der Waals surface area (Å²) in [6.07, 6.45) is 0. The molecule has 1 aromatic rings. The molecule has 2 atom stereocenters. The normalized spacial score (nSPS) is 24.6. The Morgan fingerprint density at radius 2 is 2.50 bits per heavy atom. The summed E-state index contributed by atoms with van der Waals surface area (Å²) >= 11 is 7.37. The highest BCUT2D eigenvalue weighted by molar-refractivity contribution is 9.10. The van der Waals surface area contributed by atoms with Crippen LogP contribution in [-0.4, -0.2) is 35.5 Å². The molecule has 16 heavy (non-hydrogen) atoms. The quantitative estimate of drug-likeness (QED) is 0.928. The molecule has 0 saturated carbocycles. The Balaban J connectivity index is 2.14. The molecule has 0 spiro atoms. The molecule has 2 rings (SSSR count). The molecule has 0 amide bonds. The van der Waals surface area contributed by atoms with Crippen molar-refractivity contribution < 1.29 is 0 Å². The van der Waals surface area contributed by atoms with Crippen molar-refractivity contribution >= 4 is 39.0 Å². The minimum absolute atomic E-state index is 0.396. The fraction of sp³-hybridized carbons (Fsp3) is 0.636. The molecule has 2 unspecified atom stereocenters. The van der Waals surface area contributed by atoms with Gasteiger partial charge in [-0.15, -0.1) is 11.3 Å². The first-order valence-corrected chi connectivity index (χ1v) is 8.32. The standard InChI is InChI=1S/C11H17BrN2S2/c1-8-6-15-3-2-14(8)10(5-13)11-4-9(12)7-16-11/h4,7-8,10H,2-3,5-6,13H2,1H3. The van der Waals surface area contributed by atoms with Gasteiger partial charge in [0.25, 0.3) is 0 Å². The maximum atomic E-state index is 5.95. The van der Waals surface area contributed by atoms with E-state index in [1.807, 2.05) is 11.8 Å². The number of thioether (sulfide) groups is 1. The predicted octanol–water partition coefficient (Wildman–Crippen LogP) is 2.95. The number of thiophene rings is 1. The number of hydrogen-bond donors (Lipinski definition) is 1. The fourth-order valence-corrected chi connectivity index (χ4v) is 4.74. The Morgan fingerprint density at radius 3 is 3.06 bits per heavy atom. The van der Waals surface area contributed by atoms with Gasteiger partial charge in [0.2, 0.25) is 0 Å². The lowest BCUT2D eigenvalue weighted by atomic mass is 10.1. The summed E-state index contributed by atoms with van der Waals surface area (Å²) in [4.78, 5) is 3.93. The smallest absolute Gasteiger partial charge is 0.0567 e. The van der Waals surface area contributed by atoms with E-state index < -0.39 is 0 Å². The zero-order valence-electron chi connectivity index (χ0n) is 9.36. The van der Waals surface area contributed by atoms with Crippen LogP contribution in [-0.2, 0) is 0 Å². The Kier molecular flexibility index (Phi) is 4.73. The summed E-state index contributed by atoms with van der Waals surface area (Å²) in [6.45, 7) is 4.17. The third-order valence-corrected chi connectivity index (χ3v) is 5.94. The lowest BCUT2D eigenvalue weighted by Gasteiger charge is -2.38. The lowest BCUT2D eigenvalue weighted by molar-refractivity contribution is 0.168. The predicted molar refractivity (Wildman–Crippen MR) is 77.3 cm³/mol. The Labute approximate surface area is 114 Å². The van der Waals surface area contributed by atoms with Crippen molar-refractivity contribution in [1.82, 2.24) is 4.90 Å². The molecule has 0 aromatic carbocycles. The summed E-state index contributed by atoms with van der Waals surface area (Å²) in [7, 11) is 0. The second-order valence-corrected chi connectivity index (χ2v) is 7.09. The van der Waals surface area contributed by atoms with Gasteiger partial charge in [-0.1, -0.05) is 0 Å². The first-order chi connectivity index (χ1) is 7.72. The second-order valence-electron chi connectivity index (χ2n) is 4.08. The van der Waals surface area contributed by atoms with Crippen molar-refractivity contribution in [3.63, 3.8) is 0 Å². The molecule has 5 heteroatoms. The van der Waals surface area contributed by atoms with Gasteiger partial charge in [-0.2, -0.15) is 11.8 Å². The van der Waals surface area contributed by atoms with Gasteiger partial charge in [-0.3, -0.25) is 4.90 Å². The van der Waals surface area contributed by atoms with Crippen LogP contribution in [0.4, 0.5) is 0 Å². The fourth-order valence-electron chi connectivity index (χ4n) is 2.12. The average molecular weight is 321 g/mol. The SMILES string of the molecule is CC1CSCCN1C(CN)c1cc(Br)cs1. The second kappa shape index (κ2) is 5.87. The Hall–Kier alpha value is 0.450. The van der Waals surface area contributed by atoms with E-state index in [4.69, 9.17) is 5.73 Å². The summed E-state index contributed by atoms with van der Waals surface area (Å²) < 4.78 is 1.17. The monoisotopic (exact) mass is 320 g/mol. The number of nitrogens with two attached hydrogens (primary N) is 1. The van der Waals surface area contributed by atoms with Crippen molar-refractivity contribution in [2.75, 3.05) is 24.6 Å². The molecule has 0 aliphatic carbocycles. The highest BCUT2D eigenvalue weighted by Crippen LogP contribution is 2.32. The first kappa shape index (κ1) is 12.9. The van der Waals surface area contributed by atoms with Crippen LogP contribution in [0.2, 0.25) is 0 Å². The van der Waals surface area contributed by atoms with E-state index in [9.17, 15) is 0 Å². The van der Waals surface area contributed by atoms with E-state index in [1.165, 1.54) is 20.9 Å². The molecule has 1 aromatic heterocycles. The van der Waals surface area contributed by atoms with Gasteiger partial charge in [0, 0.05) is 45.4 Å². The van der Waals surface area contributed by atoms with Crippen LogP contribution in [0, 0.1) is 0 Å². The van der Waals surface area contributed by atoms with E-state index in [0.29, 0.717) is 18.6 Å². The number of hydrogen-bond acceptors (Lipinski definition) is 4. The Morgan fingerprint density at radius 1 is 1.69 bits per heavy atom. The molecular weight excluding hydrogens is 304 g/mol. The average Bonchev–Trinajstić information content (AvgIpc) is 2.69. The van der Waals surface area contributed by atoms with E-state index in [1.54, 1.807) is 11.3 Å². The van der Waals surface area contributed by atoms with E-state index >= 15 is 0 Å². The van der Waals surface area contributed by atoms with Crippen LogP contribution >= 0.6 is 39.0 Å². The first-order valence-electron chi connectivity index (χ1n) is 5.50. The molecule has 2 nitrogen and oxygen atoms in total. The highest BCUT2D eigenvalue weighted by atomic mass is 79.9. The molecule has 1 aliphatic heterocycles. The molecule has 2 heterocycles. The zero-order valence-corrected chi connectivity index (χ0v) is 12.6. The van der Waals surface area contributed by atoms with Crippen molar-refractivity contribution in [2.45, 2.75) is 19.0 Å². The third-order valence-electron chi connectivity index (χ3n) is 2.96. The van der Waals surface area contributed by atoms with Crippen LogP contribution in [0.1, 0.15) is 17.8 Å². The van der Waals surface area contributed by atoms with Crippen LogP contribution in [0.25, 0.3) is 0 Å². The Bertz CT molecular complexity index is 342.